The van der Waals surface area contributed by atoms with E-state index in [0.717, 1.165) is 45.4 Å². The number of carbonyl (C=O) groups is 2. The second-order valence-electron chi connectivity index (χ2n) is 4.71. The topological polar surface area (TPSA) is 94.8 Å². The molecule has 2 rings (SSSR count). The Morgan fingerprint density at radius 2 is 2.15 bits per heavy atom. The van der Waals surface area contributed by atoms with Gasteiger partial charge < -0.3 is 25.1 Å². The maximum Gasteiger partial charge on any atom is 0.338 e. The Hall–Kier alpha value is -1.86. The van der Waals surface area contributed by atoms with Gasteiger partial charge in [0.2, 0.25) is 0 Å². The summed E-state index contributed by atoms with van der Waals surface area (Å²) in [4.78, 5) is 24.7. The third-order valence-electron chi connectivity index (χ3n) is 3.22. The van der Waals surface area contributed by atoms with E-state index in [1.807, 2.05) is 0 Å². The van der Waals surface area contributed by atoms with Crippen molar-refractivity contribution in [3.8, 4) is 0 Å². The number of nitrogens with zero attached hydrogens (tertiary/aromatic N) is 1. The molecule has 1 saturated heterocycles. The SMILES string of the molecule is O=C(O)c1coc(C(=O)NCCCN2CCNCC2)c1. The summed E-state index contributed by atoms with van der Waals surface area (Å²) in [6.07, 6.45) is 1.93. The molecule has 0 aliphatic carbocycles. The van der Waals surface area contributed by atoms with Gasteiger partial charge in [0.05, 0.1) is 5.56 Å². The normalized spacial score (nSPS) is 16.0. The lowest BCUT2D eigenvalue weighted by Gasteiger charge is -2.26. The number of amides is 1. The molecular weight excluding hydrogens is 262 g/mol. The van der Waals surface area contributed by atoms with Crippen LogP contribution >= 0.6 is 0 Å². The second kappa shape index (κ2) is 7.06. The Balaban J connectivity index is 1.67. The molecule has 0 atom stereocenters. The number of hydrogen-bond donors (Lipinski definition) is 3. The van der Waals surface area contributed by atoms with Crippen LogP contribution in [0.25, 0.3) is 0 Å². The number of furan rings is 1. The molecule has 1 fully saturated rings. The number of hydrogen-bond acceptors (Lipinski definition) is 5. The molecule has 1 amide bonds. The number of rotatable bonds is 6. The van der Waals surface area contributed by atoms with Crippen molar-refractivity contribution in [1.82, 2.24) is 15.5 Å². The van der Waals surface area contributed by atoms with Gasteiger partial charge in [-0.1, -0.05) is 0 Å². The first-order valence-electron chi connectivity index (χ1n) is 6.70. The fraction of sp³-hybridized carbons (Fsp3) is 0.538. The maximum atomic E-state index is 11.7. The van der Waals surface area contributed by atoms with Gasteiger partial charge in [-0.25, -0.2) is 4.79 Å². The van der Waals surface area contributed by atoms with Gasteiger partial charge in [0, 0.05) is 38.8 Å². The van der Waals surface area contributed by atoms with E-state index >= 15 is 0 Å². The summed E-state index contributed by atoms with van der Waals surface area (Å²) in [7, 11) is 0. The van der Waals surface area contributed by atoms with Crippen LogP contribution in [-0.4, -0.2) is 61.2 Å². The summed E-state index contributed by atoms with van der Waals surface area (Å²) in [5.41, 5.74) is -0.0176. The van der Waals surface area contributed by atoms with Gasteiger partial charge in [-0.2, -0.15) is 0 Å². The van der Waals surface area contributed by atoms with Crippen LogP contribution in [0, 0.1) is 0 Å². The number of aromatic carboxylic acids is 1. The van der Waals surface area contributed by atoms with Crippen LogP contribution in [0.2, 0.25) is 0 Å². The van der Waals surface area contributed by atoms with Gasteiger partial charge >= 0.3 is 5.97 Å². The van der Waals surface area contributed by atoms with E-state index in [-0.39, 0.29) is 17.2 Å². The molecule has 2 heterocycles. The monoisotopic (exact) mass is 281 g/mol. The van der Waals surface area contributed by atoms with Crippen LogP contribution < -0.4 is 10.6 Å². The van der Waals surface area contributed by atoms with Crippen LogP contribution in [0.3, 0.4) is 0 Å². The van der Waals surface area contributed by atoms with Crippen LogP contribution in [0.1, 0.15) is 27.3 Å². The number of carboxylic acid groups (broad SMARTS) is 1. The van der Waals surface area contributed by atoms with E-state index in [1.54, 1.807) is 0 Å². The molecular formula is C13H19N3O4. The summed E-state index contributed by atoms with van der Waals surface area (Å²) in [6, 6.07) is 1.23. The summed E-state index contributed by atoms with van der Waals surface area (Å²) in [5, 5.41) is 14.7. The fourth-order valence-corrected chi connectivity index (χ4v) is 2.09. The standard InChI is InChI=1S/C13H19N3O4/c17-12(11-8-10(9-20-11)13(18)19)15-2-1-5-16-6-3-14-4-7-16/h8-9,14H,1-7H2,(H,15,17)(H,18,19). The van der Waals surface area contributed by atoms with Gasteiger partial charge in [-0.05, 0) is 13.0 Å². The first-order valence-corrected chi connectivity index (χ1v) is 6.70. The Bertz CT molecular complexity index is 466. The fourth-order valence-electron chi connectivity index (χ4n) is 2.09. The van der Waals surface area contributed by atoms with Crippen molar-refractivity contribution < 1.29 is 19.1 Å². The average molecular weight is 281 g/mol. The van der Waals surface area contributed by atoms with Gasteiger partial charge in [0.15, 0.2) is 5.76 Å². The summed E-state index contributed by atoms with van der Waals surface area (Å²) in [5.74, 6) is -1.45. The first-order chi connectivity index (χ1) is 9.66. The quantitative estimate of drug-likeness (QED) is 0.636. The molecule has 1 aliphatic heterocycles. The van der Waals surface area contributed by atoms with E-state index in [1.165, 1.54) is 6.07 Å². The molecule has 0 radical (unpaired) electrons. The maximum absolute atomic E-state index is 11.7. The lowest BCUT2D eigenvalue weighted by Crippen LogP contribution is -2.44. The van der Waals surface area contributed by atoms with Gasteiger partial charge in [0.25, 0.3) is 5.91 Å². The van der Waals surface area contributed by atoms with Crippen LogP contribution in [0.15, 0.2) is 16.7 Å². The van der Waals surface area contributed by atoms with Gasteiger partial charge in [-0.15, -0.1) is 0 Å². The summed E-state index contributed by atoms with van der Waals surface area (Å²) >= 11 is 0. The number of carboxylic acids is 1. The van der Waals surface area contributed by atoms with Crippen molar-refractivity contribution in [2.45, 2.75) is 6.42 Å². The predicted molar refractivity (Wildman–Crippen MR) is 71.9 cm³/mol. The molecule has 1 aromatic heterocycles. The van der Waals surface area contributed by atoms with Crippen molar-refractivity contribution in [1.29, 1.82) is 0 Å². The van der Waals surface area contributed by atoms with Crippen molar-refractivity contribution in [2.24, 2.45) is 0 Å². The molecule has 0 spiro atoms. The number of carbonyl (C=O) groups excluding carboxylic acids is 1. The largest absolute Gasteiger partial charge is 0.478 e. The Kier molecular flexibility index (Phi) is 5.14. The third kappa shape index (κ3) is 4.07. The highest BCUT2D eigenvalue weighted by atomic mass is 16.4. The highest BCUT2D eigenvalue weighted by Crippen LogP contribution is 2.07. The molecule has 110 valence electrons. The smallest absolute Gasteiger partial charge is 0.338 e. The Morgan fingerprint density at radius 3 is 2.80 bits per heavy atom. The van der Waals surface area contributed by atoms with Gasteiger partial charge in [-0.3, -0.25) is 4.79 Å². The zero-order chi connectivity index (χ0) is 14.4. The lowest BCUT2D eigenvalue weighted by atomic mass is 10.3. The van der Waals surface area contributed by atoms with Crippen molar-refractivity contribution in [2.75, 3.05) is 39.3 Å². The van der Waals surface area contributed by atoms with Crippen LogP contribution in [0.5, 0.6) is 0 Å². The van der Waals surface area contributed by atoms with Crippen molar-refractivity contribution >= 4 is 11.9 Å². The first kappa shape index (κ1) is 14.5. The Morgan fingerprint density at radius 1 is 1.40 bits per heavy atom. The third-order valence-corrected chi connectivity index (χ3v) is 3.22. The lowest BCUT2D eigenvalue weighted by molar-refractivity contribution is 0.0696. The molecule has 20 heavy (non-hydrogen) atoms. The minimum Gasteiger partial charge on any atom is -0.478 e. The minimum absolute atomic E-state index is 0.0176. The molecule has 0 aromatic carbocycles. The molecule has 0 bridgehead atoms. The highest BCUT2D eigenvalue weighted by molar-refractivity contribution is 5.95. The minimum atomic E-state index is -1.11. The predicted octanol–water partition coefficient (Wildman–Crippen LogP) is 0.00290. The van der Waals surface area contributed by atoms with E-state index in [9.17, 15) is 9.59 Å². The van der Waals surface area contributed by atoms with Crippen LogP contribution in [0.4, 0.5) is 0 Å². The van der Waals surface area contributed by atoms with E-state index in [0.29, 0.717) is 6.54 Å². The van der Waals surface area contributed by atoms with Crippen molar-refractivity contribution in [3.63, 3.8) is 0 Å². The van der Waals surface area contributed by atoms with E-state index < -0.39 is 5.97 Å². The summed E-state index contributed by atoms with van der Waals surface area (Å²) < 4.78 is 4.92. The van der Waals surface area contributed by atoms with E-state index in [2.05, 4.69) is 15.5 Å². The zero-order valence-electron chi connectivity index (χ0n) is 11.2. The molecule has 3 N–H and O–H groups in total. The van der Waals surface area contributed by atoms with E-state index in [4.69, 9.17) is 9.52 Å². The highest BCUT2D eigenvalue weighted by Gasteiger charge is 2.14. The van der Waals surface area contributed by atoms with Crippen molar-refractivity contribution in [3.05, 3.63) is 23.7 Å². The molecule has 7 heteroatoms. The molecule has 0 saturated carbocycles. The molecule has 7 nitrogen and oxygen atoms in total. The molecule has 0 unspecified atom stereocenters. The number of nitrogens with one attached hydrogen (secondary N) is 2. The number of piperazine rings is 1. The van der Waals surface area contributed by atoms with Gasteiger partial charge in [0.1, 0.15) is 6.26 Å². The molecule has 1 aromatic rings. The molecule has 1 aliphatic rings. The second-order valence-corrected chi connectivity index (χ2v) is 4.71. The zero-order valence-corrected chi connectivity index (χ0v) is 11.2. The summed E-state index contributed by atoms with van der Waals surface area (Å²) in [6.45, 7) is 5.59. The Labute approximate surface area is 116 Å². The average Bonchev–Trinajstić information content (AvgIpc) is 2.94. The van der Waals surface area contributed by atoms with Crippen LogP contribution in [-0.2, 0) is 0 Å².